The number of ether oxygens (including phenoxy) is 5. The van der Waals surface area contributed by atoms with Crippen molar-refractivity contribution >= 4 is 5.97 Å². The molecule has 4 N–H and O–H groups in total. The molecule has 1 aromatic carbocycles. The Kier molecular flexibility index (Phi) is 6.92. The van der Waals surface area contributed by atoms with E-state index in [1.165, 1.54) is 7.11 Å². The topological polar surface area (TPSA) is 147 Å². The minimum absolute atomic E-state index is 0.106. The lowest BCUT2D eigenvalue weighted by Crippen LogP contribution is -2.81. The molecule has 0 radical (unpaired) electrons. The third-order valence-corrected chi connectivity index (χ3v) is 12.9. The monoisotopic (exact) mass is 603 g/mol. The summed E-state index contributed by atoms with van der Waals surface area (Å²) in [5.74, 6) is -2.94. The number of hydrogen-bond acceptors (Lipinski definition) is 11. The number of carbonyl (C=O) groups excluding carboxylic acids is 1. The number of rotatable bonds is 8. The smallest absolute Gasteiger partial charge is 0.338 e. The van der Waals surface area contributed by atoms with E-state index in [0.29, 0.717) is 25.1 Å². The molecule has 5 saturated carbocycles. The number of methoxy groups -OCH3 is 4. The van der Waals surface area contributed by atoms with E-state index in [0.717, 1.165) is 0 Å². The summed E-state index contributed by atoms with van der Waals surface area (Å²) in [4.78, 5) is 15.8. The number of fused-ring (bicyclic) bond motifs is 2. The van der Waals surface area contributed by atoms with Gasteiger partial charge in [-0.1, -0.05) is 25.1 Å². The molecule has 5 aliphatic carbocycles. The van der Waals surface area contributed by atoms with Crippen LogP contribution in [-0.2, 0) is 23.7 Å². The van der Waals surface area contributed by atoms with Crippen LogP contribution in [0.4, 0.5) is 0 Å². The summed E-state index contributed by atoms with van der Waals surface area (Å²) < 4.78 is 30.5. The van der Waals surface area contributed by atoms with Gasteiger partial charge in [0.15, 0.2) is 0 Å². The lowest BCUT2D eigenvalue weighted by Gasteiger charge is -2.70. The molecular formula is C32H45NO10. The molecule has 15 atom stereocenters. The molecule has 7 bridgehead atoms. The molecule has 43 heavy (non-hydrogen) atoms. The van der Waals surface area contributed by atoms with E-state index in [1.54, 1.807) is 51.7 Å². The standard InChI is InChI=1S/C32H45NO10/c1-6-33-14-29(15-39-2)18(34)12-19(40-3)31-17-13-30(37)26(43-28(36)16-10-8-7-9-11-16)20(17)32(38,25(35)27(30)42-5)21(24(31)33)22(41-4)23(29)31/h7-11,17-27,34-35,37-38H,6,12-15H2,1-5H3/t17-,18-,19+,20-,21?,22?,23-,24-,25+,26-,27+,29+,30-,31+,32-/m1/s1. The molecule has 1 saturated heterocycles. The summed E-state index contributed by atoms with van der Waals surface area (Å²) in [5.41, 5.74) is -4.81. The van der Waals surface area contributed by atoms with Gasteiger partial charge < -0.3 is 44.1 Å². The van der Waals surface area contributed by atoms with E-state index >= 15 is 0 Å². The molecule has 1 aromatic rings. The number of esters is 1. The quantitative estimate of drug-likeness (QED) is 0.300. The van der Waals surface area contributed by atoms with Gasteiger partial charge >= 0.3 is 5.97 Å². The van der Waals surface area contributed by atoms with Gasteiger partial charge in [0.25, 0.3) is 0 Å². The maximum atomic E-state index is 13.6. The van der Waals surface area contributed by atoms with Crippen molar-refractivity contribution in [3.8, 4) is 0 Å². The number of benzene rings is 1. The van der Waals surface area contributed by atoms with Crippen LogP contribution in [-0.4, -0.2) is 133 Å². The number of nitrogens with zero attached hydrogens (tertiary/aromatic N) is 1. The minimum Gasteiger partial charge on any atom is -0.455 e. The fourth-order valence-electron chi connectivity index (χ4n) is 11.9. The molecule has 7 rings (SSSR count). The molecular weight excluding hydrogens is 558 g/mol. The Balaban J connectivity index is 1.48. The average molecular weight is 604 g/mol. The van der Waals surface area contributed by atoms with Crippen molar-refractivity contribution in [1.82, 2.24) is 4.90 Å². The Labute approximate surface area is 252 Å². The zero-order valence-electron chi connectivity index (χ0n) is 25.5. The van der Waals surface area contributed by atoms with Crippen LogP contribution >= 0.6 is 0 Å². The number of piperidine rings is 1. The van der Waals surface area contributed by atoms with Crippen molar-refractivity contribution in [2.45, 2.75) is 73.6 Å². The second-order valence-electron chi connectivity index (χ2n) is 13.9. The minimum atomic E-state index is -1.86. The molecule has 1 heterocycles. The van der Waals surface area contributed by atoms with E-state index in [1.807, 2.05) is 0 Å². The number of carbonyl (C=O) groups is 1. The highest BCUT2D eigenvalue weighted by Gasteiger charge is 2.91. The van der Waals surface area contributed by atoms with Gasteiger partial charge in [0.1, 0.15) is 29.5 Å². The lowest BCUT2D eigenvalue weighted by atomic mass is 9.42. The highest BCUT2D eigenvalue weighted by Crippen LogP contribution is 2.80. The maximum Gasteiger partial charge on any atom is 0.338 e. The third-order valence-electron chi connectivity index (χ3n) is 12.9. The summed E-state index contributed by atoms with van der Waals surface area (Å²) >= 11 is 0. The van der Waals surface area contributed by atoms with E-state index in [2.05, 4.69) is 11.8 Å². The van der Waals surface area contributed by atoms with E-state index < -0.39 is 82.4 Å². The van der Waals surface area contributed by atoms with Gasteiger partial charge in [-0.2, -0.15) is 0 Å². The van der Waals surface area contributed by atoms with Crippen molar-refractivity contribution in [1.29, 1.82) is 0 Å². The second kappa shape index (κ2) is 9.91. The van der Waals surface area contributed by atoms with Gasteiger partial charge in [-0.05, 0) is 31.0 Å². The number of likely N-dealkylation sites (tertiary alicyclic amines) is 1. The largest absolute Gasteiger partial charge is 0.455 e. The van der Waals surface area contributed by atoms with Crippen molar-refractivity contribution in [3.05, 3.63) is 35.9 Å². The Hall–Kier alpha value is -1.67. The third kappa shape index (κ3) is 3.28. The molecule has 11 heteroatoms. The van der Waals surface area contributed by atoms with Crippen LogP contribution in [0.2, 0.25) is 0 Å². The van der Waals surface area contributed by atoms with Crippen LogP contribution < -0.4 is 0 Å². The fraction of sp³-hybridized carbons (Fsp3) is 0.781. The van der Waals surface area contributed by atoms with Gasteiger partial charge in [-0.3, -0.25) is 4.90 Å². The summed E-state index contributed by atoms with van der Waals surface area (Å²) in [7, 11) is 6.29. The predicted molar refractivity (Wildman–Crippen MR) is 151 cm³/mol. The Morgan fingerprint density at radius 3 is 2.33 bits per heavy atom. The summed E-state index contributed by atoms with van der Waals surface area (Å²) in [6.45, 7) is 3.46. The molecule has 0 amide bonds. The Morgan fingerprint density at radius 2 is 1.72 bits per heavy atom. The SMILES string of the molecule is CCN1C[C@]2(COC)[C@H](O)C[C@H](OC)[C@@]34[C@@H]5C[C@@]6(O)[C@H](OC(=O)c7ccccc7)[C@@H]5[C@@](O)(C(C(OC)[C@H]23)[C@@H]14)[C@@H](O)[C@@H]6OC. The number of hydrogen-bond donors (Lipinski definition) is 4. The molecule has 6 fully saturated rings. The molecule has 11 nitrogen and oxygen atoms in total. The first-order chi connectivity index (χ1) is 20.6. The van der Waals surface area contributed by atoms with Gasteiger partial charge in [-0.25, -0.2) is 4.79 Å². The molecule has 1 aliphatic heterocycles. The van der Waals surface area contributed by atoms with Crippen molar-refractivity contribution in [2.75, 3.05) is 48.1 Å². The van der Waals surface area contributed by atoms with Crippen molar-refractivity contribution < 1.29 is 48.9 Å². The summed E-state index contributed by atoms with van der Waals surface area (Å²) in [5, 5.41) is 49.7. The lowest BCUT2D eigenvalue weighted by molar-refractivity contribution is -0.320. The maximum absolute atomic E-state index is 13.6. The molecule has 0 aromatic heterocycles. The van der Waals surface area contributed by atoms with Crippen LogP contribution in [0.15, 0.2) is 30.3 Å². The summed E-state index contributed by atoms with van der Waals surface area (Å²) in [6, 6.07) is 8.25. The first-order valence-electron chi connectivity index (χ1n) is 15.5. The van der Waals surface area contributed by atoms with Gasteiger partial charge in [0, 0.05) is 76.0 Å². The van der Waals surface area contributed by atoms with Crippen LogP contribution in [0.5, 0.6) is 0 Å². The summed E-state index contributed by atoms with van der Waals surface area (Å²) in [6.07, 6.45) is -5.27. The molecule has 238 valence electrons. The highest BCUT2D eigenvalue weighted by molar-refractivity contribution is 5.89. The van der Waals surface area contributed by atoms with Gasteiger partial charge in [0.05, 0.1) is 30.5 Å². The van der Waals surface area contributed by atoms with Crippen molar-refractivity contribution in [2.24, 2.45) is 34.5 Å². The molecule has 6 aliphatic rings. The zero-order chi connectivity index (χ0) is 30.7. The van der Waals surface area contributed by atoms with Gasteiger partial charge in [0.2, 0.25) is 0 Å². The first-order valence-corrected chi connectivity index (χ1v) is 15.5. The van der Waals surface area contributed by atoms with Crippen LogP contribution in [0.3, 0.4) is 0 Å². The predicted octanol–water partition coefficient (Wildman–Crippen LogP) is 0.0773. The second-order valence-corrected chi connectivity index (χ2v) is 13.9. The fourth-order valence-corrected chi connectivity index (χ4v) is 11.9. The Bertz CT molecular complexity index is 1250. The van der Waals surface area contributed by atoms with Gasteiger partial charge in [-0.15, -0.1) is 0 Å². The van der Waals surface area contributed by atoms with E-state index in [-0.39, 0.29) is 25.0 Å². The number of aliphatic hydroxyl groups excluding tert-OH is 2. The van der Waals surface area contributed by atoms with Crippen LogP contribution in [0.25, 0.3) is 0 Å². The Morgan fingerprint density at radius 1 is 1.00 bits per heavy atom. The number of aliphatic hydroxyl groups is 4. The van der Waals surface area contributed by atoms with Crippen molar-refractivity contribution in [3.63, 3.8) is 0 Å². The van der Waals surface area contributed by atoms with E-state index in [9.17, 15) is 25.2 Å². The normalized spacial score (nSPS) is 52.7. The van der Waals surface area contributed by atoms with Crippen LogP contribution in [0, 0.1) is 34.5 Å². The van der Waals surface area contributed by atoms with Crippen LogP contribution in [0.1, 0.15) is 30.1 Å². The zero-order valence-corrected chi connectivity index (χ0v) is 25.5. The van der Waals surface area contributed by atoms with E-state index in [4.69, 9.17) is 23.7 Å². The molecule has 1 spiro atoms. The average Bonchev–Trinajstić information content (AvgIpc) is 3.39. The highest BCUT2D eigenvalue weighted by atomic mass is 16.6. The molecule has 2 unspecified atom stereocenters. The first kappa shape index (κ1) is 30.0.